The number of benzene rings is 1. The summed E-state index contributed by atoms with van der Waals surface area (Å²) in [6, 6.07) is 8.12. The average molecular weight is 411 g/mol. The molecular weight excluding hydrogens is 405 g/mol. The maximum Gasteiger partial charge on any atom is 0.201 e. The maximum atomic E-state index is 5.03. The number of hydrogen-bond donors (Lipinski definition) is 2. The molecule has 0 unspecified atom stereocenters. The third kappa shape index (κ3) is 3.78. The molecule has 8 heteroatoms. The van der Waals surface area contributed by atoms with E-state index in [9.17, 15) is 0 Å². The molecule has 0 saturated carbocycles. The number of hydrogen-bond acceptors (Lipinski definition) is 5. The van der Waals surface area contributed by atoms with Gasteiger partial charge in [0.1, 0.15) is 0 Å². The first-order chi connectivity index (χ1) is 8.19. The van der Waals surface area contributed by atoms with Gasteiger partial charge in [-0.15, -0.1) is 0 Å². The van der Waals surface area contributed by atoms with Gasteiger partial charge in [0.25, 0.3) is 0 Å². The van der Waals surface area contributed by atoms with Crippen LogP contribution in [0.15, 0.2) is 39.2 Å². The fourth-order valence-electron chi connectivity index (χ4n) is 1.12. The van der Waals surface area contributed by atoms with Crippen LogP contribution in [0.1, 0.15) is 0 Å². The van der Waals surface area contributed by atoms with Crippen molar-refractivity contribution in [1.82, 2.24) is 15.0 Å². The normalized spacial score (nSPS) is 10.4. The van der Waals surface area contributed by atoms with Crippen LogP contribution in [-0.4, -0.2) is 15.0 Å². The number of nitrogens with one attached hydrogen (secondary N) is 2. The monoisotopic (exact) mass is 411 g/mol. The van der Waals surface area contributed by atoms with Gasteiger partial charge in [-0.25, -0.2) is 0 Å². The molecule has 0 aliphatic rings. The fraction of sp³-hybridized carbons (Fsp3) is 0. The molecule has 1 aromatic heterocycles. The third-order valence-corrected chi connectivity index (χ3v) is 5.22. The Labute approximate surface area is 129 Å². The molecule has 88 valence electrons. The molecule has 0 amide bonds. The summed E-state index contributed by atoms with van der Waals surface area (Å²) in [5.41, 5.74) is 0. The van der Waals surface area contributed by atoms with Crippen molar-refractivity contribution in [3.05, 3.63) is 33.8 Å². The lowest BCUT2D eigenvalue weighted by Crippen LogP contribution is -1.91. The van der Waals surface area contributed by atoms with Gasteiger partial charge < -0.3 is 9.97 Å². The molecule has 0 radical (unpaired) electrons. The lowest BCUT2D eigenvalue weighted by Gasteiger charge is -2.04. The first-order valence-electron chi connectivity index (χ1n) is 4.45. The minimum atomic E-state index is 0.399. The zero-order valence-corrected chi connectivity index (χ0v) is 13.7. The van der Waals surface area contributed by atoms with E-state index >= 15 is 0 Å². The van der Waals surface area contributed by atoms with Gasteiger partial charge in [0.2, 0.25) is 4.77 Å². The predicted molar refractivity (Wildman–Crippen MR) is 85.0 cm³/mol. The predicted octanol–water partition coefficient (Wildman–Crippen LogP) is 4.79. The van der Waals surface area contributed by atoms with Crippen molar-refractivity contribution in [1.29, 1.82) is 0 Å². The van der Waals surface area contributed by atoms with Crippen LogP contribution < -0.4 is 0 Å². The topological polar surface area (TPSA) is 44.5 Å². The van der Waals surface area contributed by atoms with E-state index in [1.54, 1.807) is 8.93 Å². The number of aromatic nitrogens is 3. The number of aromatic amines is 2. The number of nitrogens with zero attached hydrogens (tertiary/aromatic N) is 1. The zero-order chi connectivity index (χ0) is 12.3. The van der Waals surface area contributed by atoms with Gasteiger partial charge in [-0.3, -0.25) is 0 Å². The highest BCUT2D eigenvalue weighted by molar-refractivity contribution is 14.2. The second-order valence-electron chi connectivity index (χ2n) is 2.93. The van der Waals surface area contributed by atoms with Crippen molar-refractivity contribution in [2.45, 2.75) is 14.9 Å². The first-order valence-corrected chi connectivity index (χ1v) is 9.44. The molecule has 0 atom stereocenters. The van der Waals surface area contributed by atoms with Crippen LogP contribution in [0.25, 0.3) is 0 Å². The number of rotatable bonds is 3. The first kappa shape index (κ1) is 13.5. The summed E-state index contributed by atoms with van der Waals surface area (Å²) in [5.74, 6) is 0. The summed E-state index contributed by atoms with van der Waals surface area (Å²) in [6.45, 7) is 0. The van der Waals surface area contributed by atoms with E-state index in [0.717, 1.165) is 4.90 Å². The SMILES string of the molecule is S=c1nc(Sc2ccccc2SI)[nH]c(=S)[nH]1. The highest BCUT2D eigenvalue weighted by atomic mass is 127. The Morgan fingerprint density at radius 3 is 2.47 bits per heavy atom. The van der Waals surface area contributed by atoms with Gasteiger partial charge in [0.15, 0.2) is 9.93 Å². The lowest BCUT2D eigenvalue weighted by molar-refractivity contribution is 0.871. The van der Waals surface area contributed by atoms with Crippen LogP contribution in [0.2, 0.25) is 0 Å². The summed E-state index contributed by atoms with van der Waals surface area (Å²) < 4.78 is 0.892. The quantitative estimate of drug-likeness (QED) is 0.562. The molecule has 0 aliphatic carbocycles. The molecule has 1 heterocycles. The molecule has 2 aromatic rings. The summed E-state index contributed by atoms with van der Waals surface area (Å²) in [7, 11) is 1.67. The Hall–Kier alpha value is 0.1000. The van der Waals surface area contributed by atoms with E-state index < -0.39 is 0 Å². The van der Waals surface area contributed by atoms with Crippen molar-refractivity contribution in [2.75, 3.05) is 0 Å². The van der Waals surface area contributed by atoms with Crippen LogP contribution in [0.3, 0.4) is 0 Å². The third-order valence-electron chi connectivity index (χ3n) is 1.78. The molecule has 0 saturated heterocycles. The highest BCUT2D eigenvalue weighted by Crippen LogP contribution is 2.36. The fourth-order valence-corrected chi connectivity index (χ4v) is 4.64. The zero-order valence-electron chi connectivity index (χ0n) is 8.27. The van der Waals surface area contributed by atoms with E-state index in [1.165, 1.54) is 16.7 Å². The van der Waals surface area contributed by atoms with Crippen molar-refractivity contribution < 1.29 is 0 Å². The van der Waals surface area contributed by atoms with Gasteiger partial charge in [-0.05, 0) is 36.6 Å². The summed E-state index contributed by atoms with van der Waals surface area (Å²) in [5, 5.41) is 0.705. The smallest absolute Gasteiger partial charge is 0.201 e. The van der Waals surface area contributed by atoms with Gasteiger partial charge in [-0.1, -0.05) is 32.8 Å². The summed E-state index contributed by atoms with van der Waals surface area (Å²) >= 11 is 13.8. The molecule has 2 rings (SSSR count). The Balaban J connectivity index is 2.37. The number of H-pyrrole nitrogens is 2. The Kier molecular flexibility index (Phi) is 5.03. The average Bonchev–Trinajstić information content (AvgIpc) is 2.28. The molecule has 2 N–H and O–H groups in total. The van der Waals surface area contributed by atoms with Gasteiger partial charge >= 0.3 is 0 Å². The van der Waals surface area contributed by atoms with Crippen LogP contribution in [-0.2, 0) is 0 Å². The molecule has 0 bridgehead atoms. The maximum absolute atomic E-state index is 5.03. The van der Waals surface area contributed by atoms with Crippen LogP contribution in [0.4, 0.5) is 0 Å². The van der Waals surface area contributed by atoms with E-state index in [-0.39, 0.29) is 0 Å². The second kappa shape index (κ2) is 6.32. The standard InChI is InChI=1S/C9H6IN3S4/c10-17-6-4-2-1-3-5(6)16-9-12-7(14)11-8(15)13-9/h1-4H,(H2,11,12,13,14,15). The largest absolute Gasteiger partial charge is 0.311 e. The van der Waals surface area contributed by atoms with Crippen LogP contribution >= 0.6 is 66.3 Å². The van der Waals surface area contributed by atoms with Crippen molar-refractivity contribution in [2.24, 2.45) is 0 Å². The van der Waals surface area contributed by atoms with Crippen molar-refractivity contribution >= 4 is 66.3 Å². The van der Waals surface area contributed by atoms with Gasteiger partial charge in [0.05, 0.1) is 0 Å². The van der Waals surface area contributed by atoms with E-state index in [2.05, 4.69) is 42.2 Å². The molecule has 1 aromatic carbocycles. The Bertz CT molecular complexity index is 608. The molecule has 17 heavy (non-hydrogen) atoms. The van der Waals surface area contributed by atoms with E-state index in [4.69, 9.17) is 24.4 Å². The molecular formula is C9H6IN3S4. The second-order valence-corrected chi connectivity index (χ2v) is 6.67. The highest BCUT2D eigenvalue weighted by Gasteiger charge is 2.05. The van der Waals surface area contributed by atoms with E-state index in [1.807, 2.05) is 18.2 Å². The Morgan fingerprint density at radius 2 is 1.82 bits per heavy atom. The molecule has 0 fully saturated rings. The lowest BCUT2D eigenvalue weighted by atomic mass is 10.4. The Morgan fingerprint density at radius 1 is 1.12 bits per heavy atom. The van der Waals surface area contributed by atoms with Crippen molar-refractivity contribution in [3.63, 3.8) is 0 Å². The molecule has 0 aliphatic heterocycles. The number of halogens is 1. The van der Waals surface area contributed by atoms with Crippen molar-refractivity contribution in [3.8, 4) is 0 Å². The van der Waals surface area contributed by atoms with Gasteiger partial charge in [-0.2, -0.15) is 4.98 Å². The minimum Gasteiger partial charge on any atom is -0.311 e. The van der Waals surface area contributed by atoms with E-state index in [0.29, 0.717) is 14.7 Å². The minimum absolute atomic E-state index is 0.399. The molecule has 3 nitrogen and oxygen atoms in total. The molecule has 0 spiro atoms. The summed E-state index contributed by atoms with van der Waals surface area (Å²) in [4.78, 5) is 12.3. The van der Waals surface area contributed by atoms with Gasteiger partial charge in [0, 0.05) is 31.0 Å². The van der Waals surface area contributed by atoms with Crippen LogP contribution in [0.5, 0.6) is 0 Å². The summed E-state index contributed by atoms with van der Waals surface area (Å²) in [6.07, 6.45) is 0. The van der Waals surface area contributed by atoms with Crippen LogP contribution in [0, 0.1) is 9.54 Å².